The molecular formula is C24H32N2O2. The molecule has 1 aliphatic rings. The van der Waals surface area contributed by atoms with Crippen molar-refractivity contribution in [3.8, 4) is 5.75 Å². The molecule has 1 N–H and O–H groups in total. The van der Waals surface area contributed by atoms with Gasteiger partial charge in [0, 0.05) is 18.8 Å². The van der Waals surface area contributed by atoms with Gasteiger partial charge in [-0.3, -0.25) is 4.79 Å². The molecule has 4 nitrogen and oxygen atoms in total. The molecule has 1 atom stereocenters. The lowest BCUT2D eigenvalue weighted by Gasteiger charge is -2.32. The van der Waals surface area contributed by atoms with Crippen LogP contribution in [0.3, 0.4) is 0 Å². The molecule has 1 amide bonds. The van der Waals surface area contributed by atoms with Crippen LogP contribution in [-0.4, -0.2) is 25.6 Å². The number of amides is 1. The van der Waals surface area contributed by atoms with E-state index in [1.54, 1.807) is 0 Å². The Morgan fingerprint density at radius 1 is 1.11 bits per heavy atom. The largest absolute Gasteiger partial charge is 0.484 e. The first-order valence-corrected chi connectivity index (χ1v) is 10.3. The molecule has 0 bridgehead atoms. The topological polar surface area (TPSA) is 41.6 Å². The van der Waals surface area contributed by atoms with Gasteiger partial charge in [0.2, 0.25) is 0 Å². The Bertz CT molecular complexity index is 793. The summed E-state index contributed by atoms with van der Waals surface area (Å²) in [5.74, 6) is 1.45. The Hall–Kier alpha value is -2.49. The molecule has 1 saturated heterocycles. The van der Waals surface area contributed by atoms with E-state index in [1.165, 1.54) is 24.1 Å². The Labute approximate surface area is 168 Å². The fourth-order valence-electron chi connectivity index (χ4n) is 3.56. The Balaban J connectivity index is 1.50. The van der Waals surface area contributed by atoms with E-state index in [0.717, 1.165) is 35.9 Å². The summed E-state index contributed by atoms with van der Waals surface area (Å²) in [6.07, 6.45) is 2.52. The molecule has 3 rings (SSSR count). The van der Waals surface area contributed by atoms with Crippen LogP contribution in [0.4, 0.5) is 5.69 Å². The van der Waals surface area contributed by atoms with Gasteiger partial charge < -0.3 is 15.0 Å². The normalized spacial score (nSPS) is 15.9. The minimum absolute atomic E-state index is 0.0247. The third kappa shape index (κ3) is 5.28. The number of hydrogen-bond acceptors (Lipinski definition) is 3. The van der Waals surface area contributed by atoms with E-state index in [0.29, 0.717) is 0 Å². The zero-order chi connectivity index (χ0) is 20.1. The van der Waals surface area contributed by atoms with E-state index >= 15 is 0 Å². The zero-order valence-corrected chi connectivity index (χ0v) is 17.5. The SMILES string of the molecule is Cc1ccc(OCC(=O)NC(C)c2ccc(N3CCC(C)CC3)cc2)cc1C. The third-order valence-corrected chi connectivity index (χ3v) is 5.77. The van der Waals surface area contributed by atoms with Crippen LogP contribution < -0.4 is 15.0 Å². The fourth-order valence-corrected chi connectivity index (χ4v) is 3.56. The van der Waals surface area contributed by atoms with Crippen LogP contribution in [-0.2, 0) is 4.79 Å². The van der Waals surface area contributed by atoms with Crippen LogP contribution in [0.1, 0.15) is 49.4 Å². The Kier molecular flexibility index (Phi) is 6.61. The molecule has 2 aromatic rings. The first-order valence-electron chi connectivity index (χ1n) is 10.3. The van der Waals surface area contributed by atoms with Crippen molar-refractivity contribution in [3.63, 3.8) is 0 Å². The number of rotatable bonds is 6. The van der Waals surface area contributed by atoms with Gasteiger partial charge in [-0.05, 0) is 80.5 Å². The molecular weight excluding hydrogens is 348 g/mol. The molecule has 2 aromatic carbocycles. The predicted octanol–water partition coefficient (Wildman–Crippen LogP) is 4.80. The molecule has 1 unspecified atom stereocenters. The number of carbonyl (C=O) groups excluding carboxylic acids is 1. The molecule has 150 valence electrons. The maximum atomic E-state index is 12.3. The second-order valence-corrected chi connectivity index (χ2v) is 8.09. The van der Waals surface area contributed by atoms with Crippen molar-refractivity contribution in [2.24, 2.45) is 5.92 Å². The maximum Gasteiger partial charge on any atom is 0.258 e. The molecule has 0 spiro atoms. The molecule has 1 aliphatic heterocycles. The van der Waals surface area contributed by atoms with Crippen LogP contribution in [0.25, 0.3) is 0 Å². The smallest absolute Gasteiger partial charge is 0.258 e. The van der Waals surface area contributed by atoms with E-state index in [2.05, 4.69) is 48.3 Å². The van der Waals surface area contributed by atoms with Gasteiger partial charge in [-0.2, -0.15) is 0 Å². The van der Waals surface area contributed by atoms with Crippen molar-refractivity contribution in [1.29, 1.82) is 0 Å². The van der Waals surface area contributed by atoms with Crippen molar-refractivity contribution < 1.29 is 9.53 Å². The molecule has 0 radical (unpaired) electrons. The number of carbonyl (C=O) groups is 1. The number of hydrogen-bond donors (Lipinski definition) is 1. The highest BCUT2D eigenvalue weighted by Gasteiger charge is 2.16. The first-order chi connectivity index (χ1) is 13.4. The minimum atomic E-state index is -0.111. The van der Waals surface area contributed by atoms with Gasteiger partial charge in [-0.15, -0.1) is 0 Å². The number of ether oxygens (including phenoxy) is 1. The van der Waals surface area contributed by atoms with Gasteiger partial charge in [0.25, 0.3) is 5.91 Å². The van der Waals surface area contributed by atoms with Gasteiger partial charge in [0.05, 0.1) is 6.04 Å². The monoisotopic (exact) mass is 380 g/mol. The number of aryl methyl sites for hydroxylation is 2. The molecule has 0 saturated carbocycles. The van der Waals surface area contributed by atoms with E-state index in [4.69, 9.17) is 4.74 Å². The minimum Gasteiger partial charge on any atom is -0.484 e. The van der Waals surface area contributed by atoms with Crippen LogP contribution >= 0.6 is 0 Å². The second kappa shape index (κ2) is 9.13. The zero-order valence-electron chi connectivity index (χ0n) is 17.5. The molecule has 1 fully saturated rings. The van der Waals surface area contributed by atoms with Gasteiger partial charge in [-0.25, -0.2) is 0 Å². The molecule has 1 heterocycles. The molecule has 0 aliphatic carbocycles. The average Bonchev–Trinajstić information content (AvgIpc) is 2.69. The number of piperidine rings is 1. The van der Waals surface area contributed by atoms with E-state index in [9.17, 15) is 4.79 Å². The summed E-state index contributed by atoms with van der Waals surface area (Å²) >= 11 is 0. The van der Waals surface area contributed by atoms with Crippen LogP contribution in [0, 0.1) is 19.8 Å². The number of nitrogens with zero attached hydrogens (tertiary/aromatic N) is 1. The standard InChI is InChI=1S/C24H32N2O2/c1-17-11-13-26(14-12-17)22-8-6-21(7-9-22)20(4)25-24(27)16-28-23-10-5-18(2)19(3)15-23/h5-10,15,17,20H,11-14,16H2,1-4H3,(H,25,27). The highest BCUT2D eigenvalue weighted by Crippen LogP contribution is 2.24. The average molecular weight is 381 g/mol. The lowest BCUT2D eigenvalue weighted by atomic mass is 9.98. The molecule has 0 aromatic heterocycles. The van der Waals surface area contributed by atoms with Gasteiger partial charge in [0.1, 0.15) is 5.75 Å². The third-order valence-electron chi connectivity index (χ3n) is 5.77. The van der Waals surface area contributed by atoms with Crippen molar-refractivity contribution in [1.82, 2.24) is 5.32 Å². The van der Waals surface area contributed by atoms with Crippen molar-refractivity contribution in [2.45, 2.75) is 46.6 Å². The van der Waals surface area contributed by atoms with Gasteiger partial charge in [-0.1, -0.05) is 25.1 Å². The fraction of sp³-hybridized carbons (Fsp3) is 0.458. The highest BCUT2D eigenvalue weighted by atomic mass is 16.5. The van der Waals surface area contributed by atoms with Crippen LogP contribution in [0.15, 0.2) is 42.5 Å². The lowest BCUT2D eigenvalue weighted by Crippen LogP contribution is -2.33. The van der Waals surface area contributed by atoms with Gasteiger partial charge >= 0.3 is 0 Å². The van der Waals surface area contributed by atoms with Crippen LogP contribution in [0.5, 0.6) is 5.75 Å². The van der Waals surface area contributed by atoms with Crippen molar-refractivity contribution in [3.05, 3.63) is 59.2 Å². The summed E-state index contributed by atoms with van der Waals surface area (Å²) in [6.45, 7) is 10.7. The molecule has 4 heteroatoms. The number of benzene rings is 2. The first kappa shape index (κ1) is 20.2. The predicted molar refractivity (Wildman–Crippen MR) is 115 cm³/mol. The van der Waals surface area contributed by atoms with E-state index in [1.807, 2.05) is 32.0 Å². The summed E-state index contributed by atoms with van der Waals surface area (Å²) in [6, 6.07) is 14.4. The van der Waals surface area contributed by atoms with Gasteiger partial charge in [0.15, 0.2) is 6.61 Å². The number of nitrogens with one attached hydrogen (secondary N) is 1. The van der Waals surface area contributed by atoms with Crippen molar-refractivity contribution in [2.75, 3.05) is 24.6 Å². The summed E-state index contributed by atoms with van der Waals surface area (Å²) in [4.78, 5) is 14.7. The van der Waals surface area contributed by atoms with Crippen LogP contribution in [0.2, 0.25) is 0 Å². The maximum absolute atomic E-state index is 12.3. The van der Waals surface area contributed by atoms with E-state index in [-0.39, 0.29) is 18.6 Å². The highest BCUT2D eigenvalue weighted by molar-refractivity contribution is 5.78. The van der Waals surface area contributed by atoms with E-state index < -0.39 is 0 Å². The number of anilines is 1. The Morgan fingerprint density at radius 2 is 1.79 bits per heavy atom. The van der Waals surface area contributed by atoms with Crippen molar-refractivity contribution >= 4 is 11.6 Å². The lowest BCUT2D eigenvalue weighted by molar-refractivity contribution is -0.123. The summed E-state index contributed by atoms with van der Waals surface area (Å²) in [5, 5.41) is 3.02. The summed E-state index contributed by atoms with van der Waals surface area (Å²) in [7, 11) is 0. The Morgan fingerprint density at radius 3 is 2.43 bits per heavy atom. The quantitative estimate of drug-likeness (QED) is 0.783. The second-order valence-electron chi connectivity index (χ2n) is 8.09. The molecule has 28 heavy (non-hydrogen) atoms. The summed E-state index contributed by atoms with van der Waals surface area (Å²) in [5.41, 5.74) is 4.75. The summed E-state index contributed by atoms with van der Waals surface area (Å²) < 4.78 is 5.63.